The number of hydrogen-bond donors (Lipinski definition) is 3. The van der Waals surface area contributed by atoms with Gasteiger partial charge < -0.3 is 10.1 Å². The molecule has 1 fully saturated rings. The van der Waals surface area contributed by atoms with Crippen molar-refractivity contribution in [1.29, 1.82) is 0 Å². The minimum atomic E-state index is -0.785. The number of carbonyl (C=O) groups excluding carboxylic acids is 1. The summed E-state index contributed by atoms with van der Waals surface area (Å²) < 4.78 is 6.02. The standard InChI is InChI=1S/C14H22N6O4S/c1-9(19-8-11(20(22)23)13(18-19)24-2)12(21)16-17-14(25)15-10-6-4-3-5-7-10/h8-10H,3-7H2,1-2H3,(H,16,21)(H2,15,17,25). The molecule has 1 atom stereocenters. The summed E-state index contributed by atoms with van der Waals surface area (Å²) in [5.41, 5.74) is 4.83. The van der Waals surface area contributed by atoms with Crippen LogP contribution in [0.3, 0.4) is 0 Å². The summed E-state index contributed by atoms with van der Waals surface area (Å²) >= 11 is 5.17. The van der Waals surface area contributed by atoms with Crippen LogP contribution in [0, 0.1) is 10.1 Å². The second kappa shape index (κ2) is 8.60. The molecule has 11 heteroatoms. The summed E-state index contributed by atoms with van der Waals surface area (Å²) in [4.78, 5) is 22.5. The second-order valence-electron chi connectivity index (χ2n) is 5.86. The van der Waals surface area contributed by atoms with Gasteiger partial charge in [0.2, 0.25) is 0 Å². The SMILES string of the molecule is COc1nn(C(C)C(=O)NNC(=S)NC2CCCCC2)cc1[N+](=O)[O-]. The van der Waals surface area contributed by atoms with Crippen LogP contribution in [0.1, 0.15) is 45.1 Å². The molecule has 25 heavy (non-hydrogen) atoms. The van der Waals surface area contributed by atoms with Crippen molar-refractivity contribution in [1.82, 2.24) is 25.9 Å². The number of hydrogen-bond acceptors (Lipinski definition) is 6. The van der Waals surface area contributed by atoms with Gasteiger partial charge in [-0.15, -0.1) is 5.10 Å². The molecule has 0 saturated heterocycles. The van der Waals surface area contributed by atoms with Crippen LogP contribution >= 0.6 is 12.2 Å². The normalized spacial score (nSPS) is 15.9. The minimum Gasteiger partial charge on any atom is -0.475 e. The van der Waals surface area contributed by atoms with E-state index in [1.807, 2.05) is 0 Å². The topological polar surface area (TPSA) is 123 Å². The summed E-state index contributed by atoms with van der Waals surface area (Å²) in [6.07, 6.45) is 6.85. The molecule has 1 heterocycles. The molecule has 3 N–H and O–H groups in total. The fraction of sp³-hybridized carbons (Fsp3) is 0.643. The third-order valence-electron chi connectivity index (χ3n) is 4.09. The maximum absolute atomic E-state index is 12.2. The average molecular weight is 370 g/mol. The van der Waals surface area contributed by atoms with E-state index in [4.69, 9.17) is 17.0 Å². The second-order valence-corrected chi connectivity index (χ2v) is 6.27. The summed E-state index contributed by atoms with van der Waals surface area (Å²) in [5.74, 6) is -0.583. The van der Waals surface area contributed by atoms with Crippen molar-refractivity contribution in [3.8, 4) is 5.88 Å². The first-order valence-electron chi connectivity index (χ1n) is 8.06. The van der Waals surface area contributed by atoms with Crippen LogP contribution < -0.4 is 20.9 Å². The predicted octanol–water partition coefficient (Wildman–Crippen LogP) is 1.19. The Morgan fingerprint density at radius 1 is 1.44 bits per heavy atom. The number of ether oxygens (including phenoxy) is 1. The van der Waals surface area contributed by atoms with E-state index < -0.39 is 16.9 Å². The van der Waals surface area contributed by atoms with Crippen LogP contribution in [-0.2, 0) is 4.79 Å². The van der Waals surface area contributed by atoms with E-state index in [0.29, 0.717) is 11.2 Å². The predicted molar refractivity (Wildman–Crippen MR) is 94.0 cm³/mol. The first-order valence-corrected chi connectivity index (χ1v) is 8.47. The number of amides is 1. The highest BCUT2D eigenvalue weighted by Gasteiger charge is 2.25. The first kappa shape index (κ1) is 18.9. The van der Waals surface area contributed by atoms with Gasteiger partial charge in [0.05, 0.1) is 12.0 Å². The molecule has 2 rings (SSSR count). The van der Waals surface area contributed by atoms with Crippen molar-refractivity contribution < 1.29 is 14.5 Å². The molecule has 10 nitrogen and oxygen atoms in total. The van der Waals surface area contributed by atoms with Gasteiger partial charge in [0.15, 0.2) is 5.11 Å². The third-order valence-corrected chi connectivity index (χ3v) is 4.31. The van der Waals surface area contributed by atoms with Crippen LogP contribution in [-0.4, -0.2) is 38.9 Å². The Labute approximate surface area is 150 Å². The van der Waals surface area contributed by atoms with E-state index in [0.717, 1.165) is 19.0 Å². The Balaban J connectivity index is 1.87. The number of nitrogens with zero attached hydrogens (tertiary/aromatic N) is 3. The molecule has 1 saturated carbocycles. The number of nitro groups is 1. The van der Waals surface area contributed by atoms with Crippen molar-refractivity contribution in [2.24, 2.45) is 0 Å². The van der Waals surface area contributed by atoms with Crippen molar-refractivity contribution in [2.75, 3.05) is 7.11 Å². The smallest absolute Gasteiger partial charge is 0.350 e. The van der Waals surface area contributed by atoms with Crippen LogP contribution in [0.15, 0.2) is 6.20 Å². The monoisotopic (exact) mass is 370 g/mol. The maximum Gasteiger partial charge on any atom is 0.350 e. The molecule has 0 aromatic carbocycles. The molecule has 0 radical (unpaired) electrons. The first-order chi connectivity index (χ1) is 11.9. The molecule has 1 aliphatic rings. The molecule has 1 aliphatic carbocycles. The van der Waals surface area contributed by atoms with Gasteiger partial charge in [0.1, 0.15) is 12.2 Å². The fourth-order valence-corrected chi connectivity index (χ4v) is 2.86. The van der Waals surface area contributed by atoms with Crippen molar-refractivity contribution in [2.45, 2.75) is 51.1 Å². The van der Waals surface area contributed by atoms with Crippen LogP contribution in [0.2, 0.25) is 0 Å². The van der Waals surface area contributed by atoms with Crippen molar-refractivity contribution in [3.63, 3.8) is 0 Å². The summed E-state index contributed by atoms with van der Waals surface area (Å²) in [6.45, 7) is 1.56. The Morgan fingerprint density at radius 3 is 2.68 bits per heavy atom. The number of hydrazine groups is 1. The largest absolute Gasteiger partial charge is 0.475 e. The zero-order valence-corrected chi connectivity index (χ0v) is 15.0. The van der Waals surface area contributed by atoms with Crippen LogP contribution in [0.25, 0.3) is 0 Å². The zero-order valence-electron chi connectivity index (χ0n) is 14.2. The molecule has 138 valence electrons. The molecule has 1 aromatic heterocycles. The van der Waals surface area contributed by atoms with Gasteiger partial charge in [-0.1, -0.05) is 19.3 Å². The van der Waals surface area contributed by atoms with E-state index in [1.165, 1.54) is 31.1 Å². The van der Waals surface area contributed by atoms with Crippen LogP contribution in [0.4, 0.5) is 5.69 Å². The molecule has 1 aromatic rings. The lowest BCUT2D eigenvalue weighted by molar-refractivity contribution is -0.385. The average Bonchev–Trinajstić information content (AvgIpc) is 3.04. The van der Waals surface area contributed by atoms with Gasteiger partial charge in [0.25, 0.3) is 5.91 Å². The highest BCUT2D eigenvalue weighted by atomic mass is 32.1. The number of rotatable bonds is 5. The van der Waals surface area contributed by atoms with Gasteiger partial charge in [-0.2, -0.15) is 0 Å². The molecule has 1 unspecified atom stereocenters. The molecule has 1 amide bonds. The van der Waals surface area contributed by atoms with E-state index in [9.17, 15) is 14.9 Å². The van der Waals surface area contributed by atoms with Gasteiger partial charge in [-0.3, -0.25) is 25.8 Å². The molecular formula is C14H22N6O4S. The van der Waals surface area contributed by atoms with E-state index in [1.54, 1.807) is 6.92 Å². The Kier molecular flexibility index (Phi) is 6.51. The number of thiocarbonyl (C=S) groups is 1. The molecule has 0 aliphatic heterocycles. The Bertz CT molecular complexity index is 643. The number of nitrogens with one attached hydrogen (secondary N) is 3. The third kappa shape index (κ3) is 5.02. The van der Waals surface area contributed by atoms with Gasteiger partial charge in [-0.25, -0.2) is 4.68 Å². The van der Waals surface area contributed by atoms with Gasteiger partial charge in [-0.05, 0) is 32.0 Å². The lowest BCUT2D eigenvalue weighted by Gasteiger charge is -2.24. The van der Waals surface area contributed by atoms with Crippen molar-refractivity contribution >= 4 is 28.9 Å². The number of carbonyl (C=O) groups is 1. The van der Waals surface area contributed by atoms with Gasteiger partial charge >= 0.3 is 11.6 Å². The highest BCUT2D eigenvalue weighted by Crippen LogP contribution is 2.25. The number of aromatic nitrogens is 2. The maximum atomic E-state index is 12.2. The molecule has 0 spiro atoms. The van der Waals surface area contributed by atoms with Gasteiger partial charge in [0, 0.05) is 6.04 Å². The summed E-state index contributed by atoms with van der Waals surface area (Å²) in [7, 11) is 1.28. The van der Waals surface area contributed by atoms with E-state index >= 15 is 0 Å². The zero-order chi connectivity index (χ0) is 18.4. The summed E-state index contributed by atoms with van der Waals surface area (Å²) in [6, 6.07) is -0.464. The highest BCUT2D eigenvalue weighted by molar-refractivity contribution is 7.80. The molecular weight excluding hydrogens is 348 g/mol. The summed E-state index contributed by atoms with van der Waals surface area (Å²) in [5, 5.41) is 18.3. The lowest BCUT2D eigenvalue weighted by atomic mass is 9.96. The van der Waals surface area contributed by atoms with E-state index in [2.05, 4.69) is 21.3 Å². The fourth-order valence-electron chi connectivity index (χ4n) is 2.65. The number of methoxy groups -OCH3 is 1. The van der Waals surface area contributed by atoms with Crippen molar-refractivity contribution in [3.05, 3.63) is 16.3 Å². The van der Waals surface area contributed by atoms with E-state index in [-0.39, 0.29) is 11.6 Å². The van der Waals surface area contributed by atoms with Crippen LogP contribution in [0.5, 0.6) is 5.88 Å². The lowest BCUT2D eigenvalue weighted by Crippen LogP contribution is -2.51. The minimum absolute atomic E-state index is 0.146. The Morgan fingerprint density at radius 2 is 2.12 bits per heavy atom. The molecule has 0 bridgehead atoms. The Hall–Kier alpha value is -2.43. The quantitative estimate of drug-likeness (QED) is 0.401.